The molecule has 0 rings (SSSR count). The molecule has 1 nitrogen and oxygen atoms in total. The van der Waals surface area contributed by atoms with E-state index in [4.69, 9.17) is 0 Å². The van der Waals surface area contributed by atoms with E-state index < -0.39 is 0 Å². The van der Waals surface area contributed by atoms with E-state index in [1.807, 2.05) is 13.0 Å². The van der Waals surface area contributed by atoms with Crippen molar-refractivity contribution in [3.05, 3.63) is 12.7 Å². The number of aliphatic hydroxyl groups is 1. The highest BCUT2D eigenvalue weighted by Crippen LogP contribution is 2.19. The fourth-order valence-corrected chi connectivity index (χ4v) is 1.34. The molecule has 0 amide bonds. The van der Waals surface area contributed by atoms with Crippen molar-refractivity contribution in [1.29, 1.82) is 0 Å². The quantitative estimate of drug-likeness (QED) is 0.607. The number of rotatable bonds is 5. The van der Waals surface area contributed by atoms with Gasteiger partial charge in [-0.25, -0.2) is 0 Å². The third kappa shape index (κ3) is 3.06. The predicted molar refractivity (Wildman–Crippen MR) is 49.4 cm³/mol. The average Bonchev–Trinajstić information content (AvgIpc) is 2.05. The Bertz CT molecular complexity index is 105. The van der Waals surface area contributed by atoms with E-state index in [1.165, 1.54) is 0 Å². The van der Waals surface area contributed by atoms with Crippen LogP contribution in [0.4, 0.5) is 0 Å². The first-order valence-corrected chi connectivity index (χ1v) is 4.47. The van der Waals surface area contributed by atoms with E-state index in [-0.39, 0.29) is 12.0 Å². The standard InChI is InChI=1S/C10H20O/c1-5-8(4)10(11)9(6-2)7-3/h5,8-11H,1,6-7H2,2-4H3. The van der Waals surface area contributed by atoms with Crippen molar-refractivity contribution in [1.82, 2.24) is 0 Å². The van der Waals surface area contributed by atoms with Crippen LogP contribution in [-0.4, -0.2) is 11.2 Å². The normalized spacial score (nSPS) is 16.5. The summed E-state index contributed by atoms with van der Waals surface area (Å²) in [6, 6.07) is 0. The first kappa shape index (κ1) is 10.7. The van der Waals surface area contributed by atoms with Gasteiger partial charge in [-0.1, -0.05) is 39.7 Å². The Morgan fingerprint density at radius 3 is 2.09 bits per heavy atom. The zero-order valence-electron chi connectivity index (χ0n) is 7.88. The maximum absolute atomic E-state index is 9.71. The van der Waals surface area contributed by atoms with Crippen molar-refractivity contribution in [2.24, 2.45) is 11.8 Å². The summed E-state index contributed by atoms with van der Waals surface area (Å²) in [5.74, 6) is 0.655. The molecule has 2 unspecified atom stereocenters. The van der Waals surface area contributed by atoms with Crippen LogP contribution in [0.2, 0.25) is 0 Å². The highest BCUT2D eigenvalue weighted by molar-refractivity contribution is 4.84. The zero-order valence-corrected chi connectivity index (χ0v) is 7.88. The van der Waals surface area contributed by atoms with Crippen LogP contribution in [0.25, 0.3) is 0 Å². The molecule has 0 spiro atoms. The summed E-state index contributed by atoms with van der Waals surface area (Å²) in [5, 5.41) is 9.71. The molecule has 0 heterocycles. The maximum Gasteiger partial charge on any atom is 0.0627 e. The van der Waals surface area contributed by atoms with E-state index in [9.17, 15) is 5.11 Å². The molecule has 66 valence electrons. The van der Waals surface area contributed by atoms with Gasteiger partial charge in [0.25, 0.3) is 0 Å². The van der Waals surface area contributed by atoms with Crippen LogP contribution >= 0.6 is 0 Å². The minimum absolute atomic E-state index is 0.206. The van der Waals surface area contributed by atoms with Gasteiger partial charge < -0.3 is 5.11 Å². The Labute approximate surface area is 70.1 Å². The molecule has 2 atom stereocenters. The first-order chi connectivity index (χ1) is 5.17. The summed E-state index contributed by atoms with van der Waals surface area (Å²) in [5.41, 5.74) is 0. The Balaban J connectivity index is 3.95. The molecule has 0 radical (unpaired) electrons. The minimum Gasteiger partial charge on any atom is -0.392 e. The molecule has 0 aliphatic heterocycles. The van der Waals surface area contributed by atoms with Crippen LogP contribution in [0, 0.1) is 11.8 Å². The monoisotopic (exact) mass is 156 g/mol. The summed E-state index contributed by atoms with van der Waals surface area (Å²) in [4.78, 5) is 0. The van der Waals surface area contributed by atoms with Crippen molar-refractivity contribution in [3.8, 4) is 0 Å². The van der Waals surface area contributed by atoms with Gasteiger partial charge in [-0.15, -0.1) is 6.58 Å². The Kier molecular flexibility index (Phi) is 5.22. The van der Waals surface area contributed by atoms with Crippen molar-refractivity contribution >= 4 is 0 Å². The number of aliphatic hydroxyl groups excluding tert-OH is 1. The second-order valence-corrected chi connectivity index (χ2v) is 3.16. The Hall–Kier alpha value is -0.300. The van der Waals surface area contributed by atoms with Gasteiger partial charge in [0.1, 0.15) is 0 Å². The molecule has 1 N–H and O–H groups in total. The van der Waals surface area contributed by atoms with Gasteiger partial charge in [0.2, 0.25) is 0 Å². The highest BCUT2D eigenvalue weighted by atomic mass is 16.3. The van der Waals surface area contributed by atoms with E-state index in [0.29, 0.717) is 5.92 Å². The SMILES string of the molecule is C=CC(C)C(O)C(CC)CC. The van der Waals surface area contributed by atoms with Gasteiger partial charge in [0.15, 0.2) is 0 Å². The molecule has 0 aliphatic carbocycles. The summed E-state index contributed by atoms with van der Waals surface area (Å²) < 4.78 is 0. The fraction of sp³-hybridized carbons (Fsp3) is 0.800. The number of hydrogen-bond acceptors (Lipinski definition) is 1. The van der Waals surface area contributed by atoms with Gasteiger partial charge in [0.05, 0.1) is 6.10 Å². The second-order valence-electron chi connectivity index (χ2n) is 3.16. The van der Waals surface area contributed by atoms with Crippen LogP contribution in [0.3, 0.4) is 0 Å². The summed E-state index contributed by atoms with van der Waals surface area (Å²) in [6.07, 6.45) is 3.72. The predicted octanol–water partition coefficient (Wildman–Crippen LogP) is 2.61. The summed E-state index contributed by atoms with van der Waals surface area (Å²) in [7, 11) is 0. The lowest BCUT2D eigenvalue weighted by Gasteiger charge is -2.23. The average molecular weight is 156 g/mol. The smallest absolute Gasteiger partial charge is 0.0627 e. The van der Waals surface area contributed by atoms with Crippen LogP contribution in [0.15, 0.2) is 12.7 Å². The first-order valence-electron chi connectivity index (χ1n) is 4.47. The Morgan fingerprint density at radius 1 is 1.36 bits per heavy atom. The van der Waals surface area contributed by atoms with Gasteiger partial charge in [-0.2, -0.15) is 0 Å². The van der Waals surface area contributed by atoms with Gasteiger partial charge in [0, 0.05) is 0 Å². The molecular formula is C10H20O. The number of hydrogen-bond donors (Lipinski definition) is 1. The van der Waals surface area contributed by atoms with Crippen LogP contribution in [-0.2, 0) is 0 Å². The molecule has 0 aromatic rings. The van der Waals surface area contributed by atoms with Crippen molar-refractivity contribution in [3.63, 3.8) is 0 Å². The van der Waals surface area contributed by atoms with E-state index in [1.54, 1.807) is 0 Å². The molecule has 0 saturated heterocycles. The van der Waals surface area contributed by atoms with Crippen molar-refractivity contribution < 1.29 is 5.11 Å². The van der Waals surface area contributed by atoms with Gasteiger partial charge >= 0.3 is 0 Å². The third-order valence-electron chi connectivity index (χ3n) is 2.44. The van der Waals surface area contributed by atoms with E-state index in [0.717, 1.165) is 12.8 Å². The maximum atomic E-state index is 9.71. The summed E-state index contributed by atoms with van der Waals surface area (Å²) in [6.45, 7) is 9.92. The lowest BCUT2D eigenvalue weighted by Crippen LogP contribution is -2.25. The van der Waals surface area contributed by atoms with E-state index in [2.05, 4.69) is 20.4 Å². The third-order valence-corrected chi connectivity index (χ3v) is 2.44. The fourth-order valence-electron chi connectivity index (χ4n) is 1.34. The molecule has 0 bridgehead atoms. The molecule has 1 heteroatoms. The lowest BCUT2D eigenvalue weighted by molar-refractivity contribution is 0.0709. The topological polar surface area (TPSA) is 20.2 Å². The van der Waals surface area contributed by atoms with Crippen molar-refractivity contribution in [2.45, 2.75) is 39.7 Å². The molecular weight excluding hydrogens is 136 g/mol. The van der Waals surface area contributed by atoms with Crippen LogP contribution < -0.4 is 0 Å². The summed E-state index contributed by atoms with van der Waals surface area (Å²) >= 11 is 0. The largest absolute Gasteiger partial charge is 0.392 e. The minimum atomic E-state index is -0.206. The van der Waals surface area contributed by atoms with Crippen molar-refractivity contribution in [2.75, 3.05) is 0 Å². The van der Waals surface area contributed by atoms with E-state index >= 15 is 0 Å². The Morgan fingerprint density at radius 2 is 1.82 bits per heavy atom. The van der Waals surface area contributed by atoms with Crippen LogP contribution in [0.5, 0.6) is 0 Å². The van der Waals surface area contributed by atoms with Crippen LogP contribution in [0.1, 0.15) is 33.6 Å². The molecule has 0 aromatic heterocycles. The lowest BCUT2D eigenvalue weighted by atomic mass is 9.88. The zero-order chi connectivity index (χ0) is 8.85. The molecule has 0 fully saturated rings. The van der Waals surface area contributed by atoms with Gasteiger partial charge in [-0.05, 0) is 11.8 Å². The van der Waals surface area contributed by atoms with Gasteiger partial charge in [-0.3, -0.25) is 0 Å². The molecule has 0 saturated carbocycles. The highest BCUT2D eigenvalue weighted by Gasteiger charge is 2.19. The second kappa shape index (κ2) is 5.36. The molecule has 11 heavy (non-hydrogen) atoms. The molecule has 0 aromatic carbocycles. The molecule has 0 aliphatic rings.